The number of carbonyl (C=O) groups excluding carboxylic acids is 2. The molecule has 5 nitrogen and oxygen atoms in total. The van der Waals surface area contributed by atoms with Gasteiger partial charge in [0.15, 0.2) is 6.61 Å². The van der Waals surface area contributed by atoms with E-state index in [2.05, 4.69) is 5.10 Å². The number of rotatable bonds is 5. The summed E-state index contributed by atoms with van der Waals surface area (Å²) in [4.78, 5) is 26.3. The molecule has 1 aliphatic rings. The topological polar surface area (TPSA) is 59.0 Å². The average Bonchev–Trinajstić information content (AvgIpc) is 3.31. The number of carbonyl (C=O) groups is 2. The predicted molar refractivity (Wildman–Crippen MR) is 95.2 cm³/mol. The zero-order chi connectivity index (χ0) is 17.1. The van der Waals surface area contributed by atoms with Crippen LogP contribution in [0.4, 0.5) is 0 Å². The normalized spacial score (nSPS) is 17.2. The summed E-state index contributed by atoms with van der Waals surface area (Å²) in [6.07, 6.45) is 0.672. The maximum atomic E-state index is 12.5. The highest BCUT2D eigenvalue weighted by Crippen LogP contribution is 2.35. The lowest BCUT2D eigenvalue weighted by Crippen LogP contribution is -2.31. The first-order valence-electron chi connectivity index (χ1n) is 7.69. The average molecular weight is 362 g/mol. The van der Waals surface area contributed by atoms with Crippen LogP contribution in [0.15, 0.2) is 40.1 Å². The molecule has 1 aliphatic heterocycles. The first-order chi connectivity index (χ1) is 11.6. The van der Waals surface area contributed by atoms with E-state index in [9.17, 15) is 9.59 Å². The van der Waals surface area contributed by atoms with Gasteiger partial charge in [-0.1, -0.05) is 26.0 Å². The Balaban J connectivity index is 1.78. The molecule has 0 N–H and O–H groups in total. The van der Waals surface area contributed by atoms with Crippen LogP contribution in [-0.4, -0.2) is 29.2 Å². The Morgan fingerprint density at radius 1 is 1.29 bits per heavy atom. The fourth-order valence-electron chi connectivity index (χ4n) is 2.40. The minimum Gasteiger partial charge on any atom is -0.455 e. The van der Waals surface area contributed by atoms with Crippen molar-refractivity contribution in [2.75, 3.05) is 6.61 Å². The molecule has 1 atom stereocenters. The van der Waals surface area contributed by atoms with Gasteiger partial charge in [0.05, 0.1) is 22.5 Å². The zero-order valence-electron chi connectivity index (χ0n) is 13.5. The predicted octanol–water partition coefficient (Wildman–Crippen LogP) is 3.69. The van der Waals surface area contributed by atoms with Crippen molar-refractivity contribution in [2.24, 2.45) is 11.0 Å². The monoisotopic (exact) mass is 362 g/mol. The highest BCUT2D eigenvalue weighted by Gasteiger charge is 2.34. The quantitative estimate of drug-likeness (QED) is 0.762. The largest absolute Gasteiger partial charge is 0.455 e. The number of hydrogen-bond donors (Lipinski definition) is 0. The van der Waals surface area contributed by atoms with E-state index in [1.54, 1.807) is 36.5 Å². The lowest BCUT2D eigenvalue weighted by Gasteiger charge is -2.20. The van der Waals surface area contributed by atoms with Gasteiger partial charge in [0.1, 0.15) is 0 Å². The second-order valence-corrected chi connectivity index (χ2v) is 7.69. The first-order valence-corrected chi connectivity index (χ1v) is 9.45. The van der Waals surface area contributed by atoms with E-state index in [-0.39, 0.29) is 30.4 Å². The van der Waals surface area contributed by atoms with E-state index >= 15 is 0 Å². The molecule has 1 unspecified atom stereocenters. The third-order valence-corrected chi connectivity index (χ3v) is 5.54. The SMILES string of the molecule is CC(C)C(=O)OCC(=O)N1N=C(c2cccs2)CC1c1cccs1. The molecule has 2 aromatic rings. The lowest BCUT2D eigenvalue weighted by molar-refractivity contribution is -0.155. The van der Waals surface area contributed by atoms with E-state index in [0.29, 0.717) is 6.42 Å². The Morgan fingerprint density at radius 2 is 2.04 bits per heavy atom. The zero-order valence-corrected chi connectivity index (χ0v) is 15.1. The van der Waals surface area contributed by atoms with Crippen molar-refractivity contribution in [3.8, 4) is 0 Å². The second kappa shape index (κ2) is 7.27. The molecule has 0 spiro atoms. The third-order valence-electron chi connectivity index (χ3n) is 3.65. The van der Waals surface area contributed by atoms with Gasteiger partial charge < -0.3 is 4.74 Å². The number of hydrazone groups is 1. The number of esters is 1. The van der Waals surface area contributed by atoms with Crippen molar-refractivity contribution in [3.63, 3.8) is 0 Å². The summed E-state index contributed by atoms with van der Waals surface area (Å²) in [5.41, 5.74) is 0.895. The summed E-state index contributed by atoms with van der Waals surface area (Å²) in [7, 11) is 0. The van der Waals surface area contributed by atoms with Gasteiger partial charge in [-0.15, -0.1) is 22.7 Å². The molecule has 0 aromatic carbocycles. The maximum Gasteiger partial charge on any atom is 0.308 e. The Morgan fingerprint density at radius 3 is 2.67 bits per heavy atom. The van der Waals surface area contributed by atoms with Crippen LogP contribution in [0.3, 0.4) is 0 Å². The van der Waals surface area contributed by atoms with Gasteiger partial charge in [-0.3, -0.25) is 9.59 Å². The highest BCUT2D eigenvalue weighted by atomic mass is 32.1. The van der Waals surface area contributed by atoms with Crippen molar-refractivity contribution < 1.29 is 14.3 Å². The fourth-order valence-corrected chi connectivity index (χ4v) is 3.93. The van der Waals surface area contributed by atoms with Gasteiger partial charge in [-0.05, 0) is 22.9 Å². The molecule has 0 saturated heterocycles. The van der Waals surface area contributed by atoms with E-state index in [1.807, 2.05) is 35.0 Å². The van der Waals surface area contributed by atoms with Crippen LogP contribution in [0.5, 0.6) is 0 Å². The molecule has 3 heterocycles. The molecule has 24 heavy (non-hydrogen) atoms. The van der Waals surface area contributed by atoms with Crippen molar-refractivity contribution in [2.45, 2.75) is 26.3 Å². The Labute approximate surface area is 148 Å². The standard InChI is InChI=1S/C17H18N2O3S2/c1-11(2)17(21)22-10-16(20)19-13(15-6-4-8-24-15)9-12(18-19)14-5-3-7-23-14/h3-8,11,13H,9-10H2,1-2H3. The Kier molecular flexibility index (Phi) is 5.11. The smallest absolute Gasteiger partial charge is 0.308 e. The molecular formula is C17H18N2O3S2. The molecule has 126 valence electrons. The fraction of sp³-hybridized carbons (Fsp3) is 0.353. The summed E-state index contributed by atoms with van der Waals surface area (Å²) in [6, 6.07) is 7.80. The highest BCUT2D eigenvalue weighted by molar-refractivity contribution is 7.12. The maximum absolute atomic E-state index is 12.5. The molecule has 3 rings (SSSR count). The van der Waals surface area contributed by atoms with Gasteiger partial charge in [-0.2, -0.15) is 5.10 Å². The summed E-state index contributed by atoms with van der Waals surface area (Å²) < 4.78 is 5.08. The minimum atomic E-state index is -0.377. The van der Waals surface area contributed by atoms with E-state index in [4.69, 9.17) is 4.74 Å². The van der Waals surface area contributed by atoms with Gasteiger partial charge in [0.25, 0.3) is 5.91 Å². The third kappa shape index (κ3) is 3.57. The summed E-state index contributed by atoms with van der Waals surface area (Å²) in [6.45, 7) is 3.20. The number of ether oxygens (including phenoxy) is 1. The van der Waals surface area contributed by atoms with Crippen LogP contribution in [-0.2, 0) is 14.3 Å². The molecule has 1 amide bonds. The van der Waals surface area contributed by atoms with Crippen LogP contribution < -0.4 is 0 Å². The van der Waals surface area contributed by atoms with Gasteiger partial charge in [0.2, 0.25) is 0 Å². The van der Waals surface area contributed by atoms with Crippen molar-refractivity contribution in [1.29, 1.82) is 0 Å². The molecule has 0 radical (unpaired) electrons. The number of hydrogen-bond acceptors (Lipinski definition) is 6. The molecule has 7 heteroatoms. The summed E-state index contributed by atoms with van der Waals surface area (Å²) in [5.74, 6) is -0.929. The van der Waals surface area contributed by atoms with Crippen molar-refractivity contribution >= 4 is 40.3 Å². The van der Waals surface area contributed by atoms with E-state index in [0.717, 1.165) is 15.5 Å². The number of amides is 1. The van der Waals surface area contributed by atoms with Crippen LogP contribution in [0.1, 0.15) is 36.1 Å². The molecule has 0 bridgehead atoms. The second-order valence-electron chi connectivity index (χ2n) is 5.76. The number of thiophene rings is 2. The van der Waals surface area contributed by atoms with Crippen LogP contribution in [0, 0.1) is 5.92 Å². The first kappa shape index (κ1) is 16.9. The summed E-state index contributed by atoms with van der Waals surface area (Å²) >= 11 is 3.20. The van der Waals surface area contributed by atoms with Gasteiger partial charge in [0, 0.05) is 11.3 Å². The van der Waals surface area contributed by atoms with Crippen LogP contribution >= 0.6 is 22.7 Å². The molecule has 0 aliphatic carbocycles. The Hall–Kier alpha value is -1.99. The van der Waals surface area contributed by atoms with Crippen molar-refractivity contribution in [3.05, 3.63) is 44.8 Å². The van der Waals surface area contributed by atoms with Crippen LogP contribution in [0.2, 0.25) is 0 Å². The van der Waals surface area contributed by atoms with Crippen LogP contribution in [0.25, 0.3) is 0 Å². The summed E-state index contributed by atoms with van der Waals surface area (Å²) in [5, 5.41) is 9.96. The minimum absolute atomic E-state index is 0.132. The Bertz CT molecular complexity index is 736. The lowest BCUT2D eigenvalue weighted by atomic mass is 10.1. The van der Waals surface area contributed by atoms with Gasteiger partial charge >= 0.3 is 5.97 Å². The van der Waals surface area contributed by atoms with E-state index < -0.39 is 0 Å². The van der Waals surface area contributed by atoms with Crippen molar-refractivity contribution in [1.82, 2.24) is 5.01 Å². The molecule has 2 aromatic heterocycles. The molecular weight excluding hydrogens is 344 g/mol. The van der Waals surface area contributed by atoms with E-state index in [1.165, 1.54) is 5.01 Å². The van der Waals surface area contributed by atoms with Gasteiger partial charge in [-0.25, -0.2) is 5.01 Å². The molecule has 0 fully saturated rings. The number of nitrogens with zero attached hydrogens (tertiary/aromatic N) is 2. The molecule has 0 saturated carbocycles.